The number of rotatable bonds is 4. The standard InChI is InChI=1S/C13H18N2O3/c1-9-3-4-12(13(5-9)15(17)18)14(2)8-10-6-11(16)7-10/h3-5,10-11,16H,6-8H2,1-2H3. The van der Waals surface area contributed by atoms with Gasteiger partial charge < -0.3 is 10.0 Å². The normalized spacial score (nSPS) is 22.4. The van der Waals surface area contributed by atoms with Gasteiger partial charge in [-0.3, -0.25) is 10.1 Å². The van der Waals surface area contributed by atoms with Gasteiger partial charge in [0.05, 0.1) is 11.0 Å². The van der Waals surface area contributed by atoms with Crippen LogP contribution in [0.1, 0.15) is 18.4 Å². The minimum Gasteiger partial charge on any atom is -0.393 e. The second-order valence-electron chi connectivity index (χ2n) is 5.12. The molecule has 0 atom stereocenters. The van der Waals surface area contributed by atoms with Crippen LogP contribution in [0.4, 0.5) is 11.4 Å². The first-order valence-electron chi connectivity index (χ1n) is 6.11. The predicted octanol–water partition coefficient (Wildman–Crippen LogP) is 2.11. The second-order valence-corrected chi connectivity index (χ2v) is 5.12. The Labute approximate surface area is 106 Å². The maximum Gasteiger partial charge on any atom is 0.292 e. The van der Waals surface area contributed by atoms with Gasteiger partial charge in [0.1, 0.15) is 5.69 Å². The monoisotopic (exact) mass is 250 g/mol. The van der Waals surface area contributed by atoms with Crippen molar-refractivity contribution in [1.29, 1.82) is 0 Å². The minimum atomic E-state index is -0.339. The molecule has 0 bridgehead atoms. The molecule has 0 amide bonds. The van der Waals surface area contributed by atoms with Crippen LogP contribution in [0.5, 0.6) is 0 Å². The second kappa shape index (κ2) is 4.94. The summed E-state index contributed by atoms with van der Waals surface area (Å²) >= 11 is 0. The molecule has 0 saturated heterocycles. The van der Waals surface area contributed by atoms with Crippen LogP contribution in [0.3, 0.4) is 0 Å². The molecule has 1 aromatic rings. The van der Waals surface area contributed by atoms with Gasteiger partial charge in [0.15, 0.2) is 0 Å². The molecule has 1 aliphatic carbocycles. The Morgan fingerprint density at radius 1 is 1.50 bits per heavy atom. The van der Waals surface area contributed by atoms with Crippen molar-refractivity contribution in [2.75, 3.05) is 18.5 Å². The highest BCUT2D eigenvalue weighted by atomic mass is 16.6. The first kappa shape index (κ1) is 12.8. The van der Waals surface area contributed by atoms with Gasteiger partial charge in [0.2, 0.25) is 0 Å². The Morgan fingerprint density at radius 2 is 2.17 bits per heavy atom. The van der Waals surface area contributed by atoms with E-state index in [1.54, 1.807) is 12.1 Å². The van der Waals surface area contributed by atoms with Crippen molar-refractivity contribution in [3.8, 4) is 0 Å². The molecule has 98 valence electrons. The molecule has 1 N–H and O–H groups in total. The lowest BCUT2D eigenvalue weighted by atomic mass is 9.82. The average molecular weight is 250 g/mol. The summed E-state index contributed by atoms with van der Waals surface area (Å²) in [5.41, 5.74) is 1.68. The highest BCUT2D eigenvalue weighted by Gasteiger charge is 2.29. The number of nitro benzene ring substituents is 1. The molecule has 18 heavy (non-hydrogen) atoms. The lowest BCUT2D eigenvalue weighted by Gasteiger charge is -2.35. The summed E-state index contributed by atoms with van der Waals surface area (Å²) in [6.45, 7) is 2.60. The number of aliphatic hydroxyl groups excluding tert-OH is 1. The molecule has 0 unspecified atom stereocenters. The van der Waals surface area contributed by atoms with Crippen molar-refractivity contribution in [2.45, 2.75) is 25.9 Å². The van der Waals surface area contributed by atoms with Gasteiger partial charge in [-0.15, -0.1) is 0 Å². The molecular formula is C13H18N2O3. The van der Waals surface area contributed by atoms with Crippen LogP contribution in [-0.2, 0) is 0 Å². The molecule has 1 aliphatic rings. The molecule has 0 radical (unpaired) electrons. The number of benzene rings is 1. The van der Waals surface area contributed by atoms with Crippen LogP contribution in [0.15, 0.2) is 18.2 Å². The molecule has 5 nitrogen and oxygen atoms in total. The fraction of sp³-hybridized carbons (Fsp3) is 0.538. The van der Waals surface area contributed by atoms with E-state index in [0.717, 1.165) is 24.9 Å². The summed E-state index contributed by atoms with van der Waals surface area (Å²) < 4.78 is 0. The molecule has 0 heterocycles. The van der Waals surface area contributed by atoms with E-state index in [1.165, 1.54) is 0 Å². The number of aryl methyl sites for hydroxylation is 1. The van der Waals surface area contributed by atoms with E-state index in [-0.39, 0.29) is 16.7 Å². The summed E-state index contributed by atoms with van der Waals surface area (Å²) in [5.74, 6) is 0.436. The Kier molecular flexibility index (Phi) is 3.52. The maximum absolute atomic E-state index is 11.0. The summed E-state index contributed by atoms with van der Waals surface area (Å²) in [7, 11) is 1.86. The zero-order valence-corrected chi connectivity index (χ0v) is 10.7. The van der Waals surface area contributed by atoms with E-state index in [2.05, 4.69) is 0 Å². The van der Waals surface area contributed by atoms with E-state index in [0.29, 0.717) is 11.6 Å². The van der Waals surface area contributed by atoms with Crippen molar-refractivity contribution in [1.82, 2.24) is 0 Å². The molecular weight excluding hydrogens is 232 g/mol. The summed E-state index contributed by atoms with van der Waals surface area (Å²) in [5, 5.41) is 20.3. The van der Waals surface area contributed by atoms with Gasteiger partial charge in [-0.2, -0.15) is 0 Å². The molecule has 0 spiro atoms. The van der Waals surface area contributed by atoms with Crippen LogP contribution >= 0.6 is 0 Å². The number of nitro groups is 1. The highest BCUT2D eigenvalue weighted by molar-refractivity contribution is 5.63. The first-order chi connectivity index (χ1) is 8.47. The maximum atomic E-state index is 11.0. The Hall–Kier alpha value is -1.62. The third kappa shape index (κ3) is 2.61. The number of hydrogen-bond donors (Lipinski definition) is 1. The SMILES string of the molecule is Cc1ccc(N(C)CC2CC(O)C2)c([N+](=O)[O-])c1. The molecule has 5 heteroatoms. The molecule has 0 aliphatic heterocycles. The number of nitrogens with zero attached hydrogens (tertiary/aromatic N) is 2. The van der Waals surface area contributed by atoms with E-state index >= 15 is 0 Å². The van der Waals surface area contributed by atoms with Crippen molar-refractivity contribution in [3.05, 3.63) is 33.9 Å². The third-order valence-electron chi connectivity index (χ3n) is 3.48. The number of hydrogen-bond acceptors (Lipinski definition) is 4. The number of aliphatic hydroxyl groups is 1. The van der Waals surface area contributed by atoms with Crippen molar-refractivity contribution in [3.63, 3.8) is 0 Å². The lowest BCUT2D eigenvalue weighted by Crippen LogP contribution is -2.37. The topological polar surface area (TPSA) is 66.6 Å². The zero-order chi connectivity index (χ0) is 13.3. The molecule has 1 fully saturated rings. The Balaban J connectivity index is 2.13. The Morgan fingerprint density at radius 3 is 2.72 bits per heavy atom. The van der Waals surface area contributed by atoms with Gasteiger partial charge in [0, 0.05) is 19.7 Å². The van der Waals surface area contributed by atoms with E-state index in [4.69, 9.17) is 0 Å². The van der Waals surface area contributed by atoms with E-state index < -0.39 is 0 Å². The first-order valence-corrected chi connectivity index (χ1v) is 6.11. The molecule has 1 aromatic carbocycles. The van der Waals surface area contributed by atoms with Gasteiger partial charge in [-0.25, -0.2) is 0 Å². The van der Waals surface area contributed by atoms with Gasteiger partial charge in [-0.1, -0.05) is 6.07 Å². The van der Waals surface area contributed by atoms with E-state index in [9.17, 15) is 15.2 Å². The minimum absolute atomic E-state index is 0.150. The van der Waals surface area contributed by atoms with Gasteiger partial charge in [-0.05, 0) is 37.3 Å². The van der Waals surface area contributed by atoms with Gasteiger partial charge in [0.25, 0.3) is 5.69 Å². The summed E-state index contributed by atoms with van der Waals surface area (Å²) in [6, 6.07) is 5.28. The average Bonchev–Trinajstić information content (AvgIpc) is 2.26. The highest BCUT2D eigenvalue weighted by Crippen LogP contribution is 2.32. The summed E-state index contributed by atoms with van der Waals surface area (Å²) in [4.78, 5) is 12.6. The fourth-order valence-electron chi connectivity index (χ4n) is 2.44. The largest absolute Gasteiger partial charge is 0.393 e. The van der Waals surface area contributed by atoms with Crippen molar-refractivity contribution < 1.29 is 10.0 Å². The van der Waals surface area contributed by atoms with Crippen molar-refractivity contribution in [2.24, 2.45) is 5.92 Å². The lowest BCUT2D eigenvalue weighted by molar-refractivity contribution is -0.384. The van der Waals surface area contributed by atoms with Gasteiger partial charge >= 0.3 is 0 Å². The van der Waals surface area contributed by atoms with Crippen LogP contribution in [0.2, 0.25) is 0 Å². The molecule has 1 saturated carbocycles. The van der Waals surface area contributed by atoms with Crippen LogP contribution in [-0.4, -0.2) is 29.7 Å². The zero-order valence-electron chi connectivity index (χ0n) is 10.7. The van der Waals surface area contributed by atoms with Crippen molar-refractivity contribution >= 4 is 11.4 Å². The quantitative estimate of drug-likeness (QED) is 0.656. The van der Waals surface area contributed by atoms with Crippen LogP contribution < -0.4 is 4.90 Å². The molecule has 0 aromatic heterocycles. The van der Waals surface area contributed by atoms with Crippen LogP contribution in [0.25, 0.3) is 0 Å². The smallest absolute Gasteiger partial charge is 0.292 e. The molecule has 2 rings (SSSR count). The van der Waals surface area contributed by atoms with E-state index in [1.807, 2.05) is 24.9 Å². The van der Waals surface area contributed by atoms with Crippen LogP contribution in [0, 0.1) is 23.0 Å². The predicted molar refractivity (Wildman–Crippen MR) is 69.8 cm³/mol. The Bertz CT molecular complexity index is 456. The summed E-state index contributed by atoms with van der Waals surface area (Å²) in [6.07, 6.45) is 1.41. The fourth-order valence-corrected chi connectivity index (χ4v) is 2.44. The third-order valence-corrected chi connectivity index (χ3v) is 3.48. The number of anilines is 1.